The predicted molar refractivity (Wildman–Crippen MR) is 117 cm³/mol. The highest BCUT2D eigenvalue weighted by molar-refractivity contribution is 5.93. The SMILES string of the molecule is COc1ccc(CNCCC2CCCCC2)cc1-c1ccc(C(N)=O)cc1.Cl. The van der Waals surface area contributed by atoms with E-state index in [-0.39, 0.29) is 12.4 Å². The molecule has 1 saturated carbocycles. The number of ether oxygens (including phenoxy) is 1. The topological polar surface area (TPSA) is 64.3 Å². The average molecular weight is 403 g/mol. The van der Waals surface area contributed by atoms with Gasteiger partial charge < -0.3 is 15.8 Å². The Balaban J connectivity index is 0.00000280. The number of primary amides is 1. The van der Waals surface area contributed by atoms with Crippen molar-refractivity contribution in [1.82, 2.24) is 5.32 Å². The molecule has 3 rings (SSSR count). The standard InChI is InChI=1S/C23H30N2O2.ClH/c1-27-22-12-7-18(16-25-14-13-17-5-3-2-4-6-17)15-21(22)19-8-10-20(11-9-19)23(24)26;/h7-12,15,17,25H,2-6,13-14,16H2,1H3,(H2,24,26);1H. The van der Waals surface area contributed by atoms with Gasteiger partial charge in [0.15, 0.2) is 0 Å². The van der Waals surface area contributed by atoms with Crippen molar-refractivity contribution >= 4 is 18.3 Å². The Kier molecular flexibility index (Phi) is 8.81. The van der Waals surface area contributed by atoms with Crippen molar-refractivity contribution < 1.29 is 9.53 Å². The highest BCUT2D eigenvalue weighted by Gasteiger charge is 2.13. The molecule has 1 fully saturated rings. The summed E-state index contributed by atoms with van der Waals surface area (Å²) in [7, 11) is 1.68. The number of benzene rings is 2. The smallest absolute Gasteiger partial charge is 0.248 e. The van der Waals surface area contributed by atoms with Crippen molar-refractivity contribution in [3.63, 3.8) is 0 Å². The quantitative estimate of drug-likeness (QED) is 0.614. The van der Waals surface area contributed by atoms with Gasteiger partial charge in [-0.2, -0.15) is 0 Å². The van der Waals surface area contributed by atoms with Crippen LogP contribution in [0.25, 0.3) is 11.1 Å². The Morgan fingerprint density at radius 3 is 2.46 bits per heavy atom. The number of carbonyl (C=O) groups is 1. The summed E-state index contributed by atoms with van der Waals surface area (Å²) in [4.78, 5) is 11.3. The molecule has 152 valence electrons. The van der Waals surface area contributed by atoms with Gasteiger partial charge in [-0.25, -0.2) is 0 Å². The number of halogens is 1. The summed E-state index contributed by atoms with van der Waals surface area (Å²) in [5, 5.41) is 3.59. The van der Waals surface area contributed by atoms with Crippen LogP contribution in [0.5, 0.6) is 5.75 Å². The highest BCUT2D eigenvalue weighted by Crippen LogP contribution is 2.31. The molecular weight excluding hydrogens is 372 g/mol. The van der Waals surface area contributed by atoms with E-state index >= 15 is 0 Å². The Morgan fingerprint density at radius 2 is 1.82 bits per heavy atom. The minimum Gasteiger partial charge on any atom is -0.496 e. The number of amides is 1. The molecule has 28 heavy (non-hydrogen) atoms. The van der Waals surface area contributed by atoms with Gasteiger partial charge in [0.2, 0.25) is 5.91 Å². The normalized spacial score (nSPS) is 14.3. The zero-order valence-electron chi connectivity index (χ0n) is 16.6. The Bertz CT molecular complexity index is 756. The molecule has 5 heteroatoms. The van der Waals surface area contributed by atoms with Crippen LogP contribution in [0, 0.1) is 5.92 Å². The van der Waals surface area contributed by atoms with Crippen LogP contribution in [0.2, 0.25) is 0 Å². The Morgan fingerprint density at radius 1 is 1.11 bits per heavy atom. The second kappa shape index (κ2) is 11.1. The van der Waals surface area contributed by atoms with Gasteiger partial charge in [-0.1, -0.05) is 50.3 Å². The molecule has 0 radical (unpaired) electrons. The molecule has 3 N–H and O–H groups in total. The molecule has 0 bridgehead atoms. The van der Waals surface area contributed by atoms with E-state index in [2.05, 4.69) is 17.4 Å². The van der Waals surface area contributed by atoms with E-state index in [9.17, 15) is 4.79 Å². The van der Waals surface area contributed by atoms with Gasteiger partial charge in [-0.05, 0) is 54.3 Å². The average Bonchev–Trinajstić information content (AvgIpc) is 2.72. The highest BCUT2D eigenvalue weighted by atomic mass is 35.5. The third kappa shape index (κ3) is 5.98. The number of nitrogens with one attached hydrogen (secondary N) is 1. The molecule has 0 unspecified atom stereocenters. The zero-order chi connectivity index (χ0) is 19.1. The van der Waals surface area contributed by atoms with Crippen LogP contribution in [0.3, 0.4) is 0 Å². The zero-order valence-corrected chi connectivity index (χ0v) is 17.4. The molecule has 1 aliphatic rings. The first-order valence-corrected chi connectivity index (χ1v) is 9.95. The minimum absolute atomic E-state index is 0. The van der Waals surface area contributed by atoms with Crippen molar-refractivity contribution in [2.45, 2.75) is 45.1 Å². The third-order valence-electron chi connectivity index (χ3n) is 5.53. The molecule has 0 atom stereocenters. The number of methoxy groups -OCH3 is 1. The first-order chi connectivity index (χ1) is 13.2. The fraction of sp³-hybridized carbons (Fsp3) is 0.435. The van der Waals surface area contributed by atoms with Crippen molar-refractivity contribution in [3.8, 4) is 16.9 Å². The van der Waals surface area contributed by atoms with E-state index in [1.807, 2.05) is 18.2 Å². The molecule has 0 aliphatic heterocycles. The fourth-order valence-corrected chi connectivity index (χ4v) is 3.92. The number of carbonyl (C=O) groups excluding carboxylic acids is 1. The van der Waals surface area contributed by atoms with Crippen molar-refractivity contribution in [3.05, 3.63) is 53.6 Å². The summed E-state index contributed by atoms with van der Waals surface area (Å²) in [6, 6.07) is 13.6. The van der Waals surface area contributed by atoms with E-state index in [0.717, 1.165) is 35.9 Å². The Hall–Kier alpha value is -2.04. The largest absolute Gasteiger partial charge is 0.496 e. The monoisotopic (exact) mass is 402 g/mol. The molecule has 2 aromatic rings. The van der Waals surface area contributed by atoms with E-state index in [4.69, 9.17) is 10.5 Å². The lowest BCUT2D eigenvalue weighted by molar-refractivity contribution is 0.100. The van der Waals surface area contributed by atoms with Crippen molar-refractivity contribution in [1.29, 1.82) is 0 Å². The molecule has 0 spiro atoms. The number of rotatable bonds is 8. The Labute approximate surface area is 174 Å². The van der Waals surface area contributed by atoms with Crippen LogP contribution < -0.4 is 15.8 Å². The predicted octanol–water partition coefficient (Wildman–Crippen LogP) is 4.94. The first-order valence-electron chi connectivity index (χ1n) is 9.95. The van der Waals surface area contributed by atoms with Crippen molar-refractivity contribution in [2.24, 2.45) is 11.7 Å². The second-order valence-electron chi connectivity index (χ2n) is 7.45. The van der Waals surface area contributed by atoms with Gasteiger partial charge in [0.05, 0.1) is 7.11 Å². The van der Waals surface area contributed by atoms with Crippen LogP contribution >= 0.6 is 12.4 Å². The maximum atomic E-state index is 11.3. The number of hydrogen-bond donors (Lipinski definition) is 2. The van der Waals surface area contributed by atoms with Crippen LogP contribution in [0.1, 0.15) is 54.4 Å². The maximum Gasteiger partial charge on any atom is 0.248 e. The van der Waals surface area contributed by atoms with Crippen LogP contribution in [0.4, 0.5) is 0 Å². The molecule has 0 aromatic heterocycles. The summed E-state index contributed by atoms with van der Waals surface area (Å²) < 4.78 is 5.53. The fourth-order valence-electron chi connectivity index (χ4n) is 3.92. The van der Waals surface area contributed by atoms with Gasteiger partial charge in [-0.3, -0.25) is 4.79 Å². The lowest BCUT2D eigenvalue weighted by atomic mass is 9.87. The van der Waals surface area contributed by atoms with Crippen LogP contribution in [-0.2, 0) is 6.54 Å². The summed E-state index contributed by atoms with van der Waals surface area (Å²) in [5.74, 6) is 1.32. The molecule has 4 nitrogen and oxygen atoms in total. The van der Waals surface area contributed by atoms with Gasteiger partial charge >= 0.3 is 0 Å². The second-order valence-corrected chi connectivity index (χ2v) is 7.45. The maximum absolute atomic E-state index is 11.3. The number of nitrogens with two attached hydrogens (primary N) is 1. The minimum atomic E-state index is -0.413. The van der Waals surface area contributed by atoms with E-state index in [0.29, 0.717) is 5.56 Å². The van der Waals surface area contributed by atoms with Crippen molar-refractivity contribution in [2.75, 3.05) is 13.7 Å². The van der Waals surface area contributed by atoms with Crippen LogP contribution in [0.15, 0.2) is 42.5 Å². The van der Waals surface area contributed by atoms with Gasteiger partial charge in [0.25, 0.3) is 0 Å². The van der Waals surface area contributed by atoms with Gasteiger partial charge in [0.1, 0.15) is 5.75 Å². The van der Waals surface area contributed by atoms with Gasteiger partial charge in [0, 0.05) is 17.7 Å². The summed E-state index contributed by atoms with van der Waals surface area (Å²) >= 11 is 0. The van der Waals surface area contributed by atoms with E-state index in [1.54, 1.807) is 19.2 Å². The lowest BCUT2D eigenvalue weighted by Gasteiger charge is -2.21. The van der Waals surface area contributed by atoms with Crippen LogP contribution in [-0.4, -0.2) is 19.6 Å². The first kappa shape index (κ1) is 22.3. The molecule has 1 amide bonds. The van der Waals surface area contributed by atoms with E-state index < -0.39 is 5.91 Å². The summed E-state index contributed by atoms with van der Waals surface area (Å²) in [6.45, 7) is 1.92. The summed E-state index contributed by atoms with van der Waals surface area (Å²) in [5.41, 5.74) is 9.12. The molecule has 0 saturated heterocycles. The molecule has 0 heterocycles. The molecular formula is C23H31ClN2O2. The summed E-state index contributed by atoms with van der Waals surface area (Å²) in [6.07, 6.45) is 8.30. The number of hydrogen-bond acceptors (Lipinski definition) is 3. The molecule has 1 aliphatic carbocycles. The lowest BCUT2D eigenvalue weighted by Crippen LogP contribution is -2.19. The molecule has 2 aromatic carbocycles. The van der Waals surface area contributed by atoms with Gasteiger partial charge in [-0.15, -0.1) is 12.4 Å². The van der Waals surface area contributed by atoms with E-state index in [1.165, 1.54) is 44.1 Å². The third-order valence-corrected chi connectivity index (χ3v) is 5.53.